The van der Waals surface area contributed by atoms with E-state index >= 15 is 0 Å². The van der Waals surface area contributed by atoms with E-state index in [4.69, 9.17) is 0 Å². The summed E-state index contributed by atoms with van der Waals surface area (Å²) in [4.78, 5) is 38.3. The van der Waals surface area contributed by atoms with Gasteiger partial charge in [0.1, 0.15) is 12.1 Å². The van der Waals surface area contributed by atoms with Crippen molar-refractivity contribution in [1.29, 1.82) is 0 Å². The highest BCUT2D eigenvalue weighted by Crippen LogP contribution is 2.16. The zero-order chi connectivity index (χ0) is 15.3. The molecule has 0 unspecified atom stereocenters. The van der Waals surface area contributed by atoms with E-state index in [9.17, 15) is 19.5 Å². The lowest BCUT2D eigenvalue weighted by molar-refractivity contribution is -0.144. The van der Waals surface area contributed by atoms with Crippen LogP contribution in [-0.4, -0.2) is 65.0 Å². The van der Waals surface area contributed by atoms with Crippen LogP contribution in [0.4, 0.5) is 4.79 Å². The number of aliphatic carboxylic acids is 1. The first-order valence-corrected chi connectivity index (χ1v) is 6.90. The lowest BCUT2D eigenvalue weighted by Gasteiger charge is -2.31. The summed E-state index contributed by atoms with van der Waals surface area (Å²) in [6, 6.07) is -0.486. The molecule has 1 aliphatic heterocycles. The van der Waals surface area contributed by atoms with Crippen molar-refractivity contribution in [3.63, 3.8) is 0 Å². The summed E-state index contributed by atoms with van der Waals surface area (Å²) in [5, 5.41) is 11.9. The number of carbonyl (C=O) groups is 3. The van der Waals surface area contributed by atoms with Crippen LogP contribution in [0.3, 0.4) is 0 Å². The Bertz CT molecular complexity index is 393. The number of hydrogen-bond donors (Lipinski definition) is 2. The minimum Gasteiger partial charge on any atom is -0.480 e. The van der Waals surface area contributed by atoms with Crippen molar-refractivity contribution >= 4 is 17.9 Å². The number of likely N-dealkylation sites (N-methyl/N-ethyl adjacent to an activating group) is 1. The Balaban J connectivity index is 2.79. The fourth-order valence-corrected chi connectivity index (χ4v) is 2.23. The molecule has 0 aromatic heterocycles. The molecule has 1 heterocycles. The van der Waals surface area contributed by atoms with Gasteiger partial charge in [-0.3, -0.25) is 4.79 Å². The molecular weight excluding hydrogens is 262 g/mol. The lowest BCUT2D eigenvalue weighted by Crippen LogP contribution is -2.58. The van der Waals surface area contributed by atoms with Gasteiger partial charge in [-0.1, -0.05) is 13.8 Å². The van der Waals surface area contributed by atoms with Gasteiger partial charge in [-0.25, -0.2) is 9.59 Å². The first-order chi connectivity index (χ1) is 9.36. The summed E-state index contributed by atoms with van der Waals surface area (Å²) in [5.41, 5.74) is -1.27. The van der Waals surface area contributed by atoms with Gasteiger partial charge < -0.3 is 20.2 Å². The number of carboxylic acid groups (broad SMARTS) is 1. The molecule has 0 bridgehead atoms. The monoisotopic (exact) mass is 285 g/mol. The molecule has 0 spiro atoms. The Kier molecular flexibility index (Phi) is 5.35. The summed E-state index contributed by atoms with van der Waals surface area (Å²) < 4.78 is 0. The highest BCUT2D eigenvalue weighted by Gasteiger charge is 2.38. The van der Waals surface area contributed by atoms with Crippen molar-refractivity contribution in [2.75, 3.05) is 26.7 Å². The van der Waals surface area contributed by atoms with Gasteiger partial charge in [0, 0.05) is 20.1 Å². The lowest BCUT2D eigenvalue weighted by atomic mass is 9.93. The number of carboxylic acids is 1. The number of amides is 3. The van der Waals surface area contributed by atoms with Crippen LogP contribution < -0.4 is 5.32 Å². The summed E-state index contributed by atoms with van der Waals surface area (Å²) in [7, 11) is 1.70. The minimum absolute atomic E-state index is 0.00847. The second-order valence-electron chi connectivity index (χ2n) is 5.11. The number of nitrogens with one attached hydrogen (secondary N) is 1. The Morgan fingerprint density at radius 3 is 2.40 bits per heavy atom. The normalized spacial score (nSPS) is 16.9. The molecule has 3 amide bonds. The molecule has 1 fully saturated rings. The van der Waals surface area contributed by atoms with Crippen LogP contribution in [0.15, 0.2) is 0 Å². The van der Waals surface area contributed by atoms with Gasteiger partial charge in [-0.15, -0.1) is 0 Å². The molecule has 1 aliphatic rings. The van der Waals surface area contributed by atoms with E-state index in [2.05, 4.69) is 5.32 Å². The third kappa shape index (κ3) is 3.40. The van der Waals surface area contributed by atoms with Crippen molar-refractivity contribution in [3.8, 4) is 0 Å². The van der Waals surface area contributed by atoms with Crippen molar-refractivity contribution in [1.82, 2.24) is 15.1 Å². The summed E-state index contributed by atoms with van der Waals surface area (Å²) in [6.45, 7) is 4.49. The molecule has 0 radical (unpaired) electrons. The van der Waals surface area contributed by atoms with E-state index in [0.717, 1.165) is 0 Å². The maximum absolute atomic E-state index is 12.2. The van der Waals surface area contributed by atoms with Crippen molar-refractivity contribution in [3.05, 3.63) is 0 Å². The first-order valence-electron chi connectivity index (χ1n) is 6.90. The van der Waals surface area contributed by atoms with Crippen LogP contribution in [0, 0.1) is 0 Å². The Morgan fingerprint density at radius 2 is 1.90 bits per heavy atom. The molecule has 7 nitrogen and oxygen atoms in total. The van der Waals surface area contributed by atoms with Crippen molar-refractivity contribution in [2.45, 2.75) is 38.6 Å². The molecule has 0 aromatic carbocycles. The quantitative estimate of drug-likeness (QED) is 0.787. The molecule has 0 aromatic rings. The molecule has 0 saturated carbocycles. The van der Waals surface area contributed by atoms with E-state index in [1.165, 1.54) is 4.90 Å². The van der Waals surface area contributed by atoms with Gasteiger partial charge in [0.2, 0.25) is 5.91 Å². The highest BCUT2D eigenvalue weighted by molar-refractivity contribution is 5.88. The zero-order valence-electron chi connectivity index (χ0n) is 12.3. The Morgan fingerprint density at radius 1 is 1.30 bits per heavy atom. The van der Waals surface area contributed by atoms with E-state index < -0.39 is 17.5 Å². The predicted molar refractivity (Wildman–Crippen MR) is 73.3 cm³/mol. The van der Waals surface area contributed by atoms with Gasteiger partial charge >= 0.3 is 12.0 Å². The average molecular weight is 285 g/mol. The van der Waals surface area contributed by atoms with E-state index in [1.54, 1.807) is 25.8 Å². The molecule has 0 aliphatic carbocycles. The molecule has 1 saturated heterocycles. The summed E-state index contributed by atoms with van der Waals surface area (Å²) in [5.74, 6) is -1.18. The zero-order valence-corrected chi connectivity index (χ0v) is 12.3. The SMILES string of the molecule is CCC(CC)(NC(=O)N1CCCN(C)C(=O)C1)C(=O)O. The smallest absolute Gasteiger partial charge is 0.329 e. The summed E-state index contributed by atoms with van der Waals surface area (Å²) in [6.07, 6.45) is 1.28. The molecule has 20 heavy (non-hydrogen) atoms. The molecular formula is C13H23N3O4. The molecule has 2 N–H and O–H groups in total. The first kappa shape index (κ1) is 16.3. The Hall–Kier alpha value is -1.79. The van der Waals surface area contributed by atoms with Crippen LogP contribution in [0.1, 0.15) is 33.1 Å². The number of nitrogens with zero attached hydrogens (tertiary/aromatic N) is 2. The number of hydrogen-bond acceptors (Lipinski definition) is 3. The predicted octanol–water partition coefficient (Wildman–Crippen LogP) is 0.504. The van der Waals surface area contributed by atoms with Crippen molar-refractivity contribution in [2.24, 2.45) is 0 Å². The Labute approximate surface area is 118 Å². The van der Waals surface area contributed by atoms with Gasteiger partial charge in [-0.2, -0.15) is 0 Å². The van der Waals surface area contributed by atoms with Crippen LogP contribution >= 0.6 is 0 Å². The second-order valence-corrected chi connectivity index (χ2v) is 5.11. The number of rotatable bonds is 4. The van der Waals surface area contributed by atoms with E-state index in [1.807, 2.05) is 0 Å². The standard InChI is InChI=1S/C13H23N3O4/c1-4-13(5-2,11(18)19)14-12(20)16-8-6-7-15(3)10(17)9-16/h4-9H2,1-3H3,(H,14,20)(H,18,19). The van der Waals surface area contributed by atoms with Gasteiger partial charge in [0.15, 0.2) is 0 Å². The van der Waals surface area contributed by atoms with E-state index in [-0.39, 0.29) is 12.5 Å². The second kappa shape index (κ2) is 6.58. The fourth-order valence-electron chi connectivity index (χ4n) is 2.23. The van der Waals surface area contributed by atoms with E-state index in [0.29, 0.717) is 32.4 Å². The number of urea groups is 1. The minimum atomic E-state index is -1.27. The molecule has 0 atom stereocenters. The molecule has 114 valence electrons. The topological polar surface area (TPSA) is 90.0 Å². The number of carbonyl (C=O) groups excluding carboxylic acids is 2. The highest BCUT2D eigenvalue weighted by atomic mass is 16.4. The summed E-state index contributed by atoms with van der Waals surface area (Å²) >= 11 is 0. The van der Waals surface area contributed by atoms with Crippen LogP contribution in [0.5, 0.6) is 0 Å². The molecule has 1 rings (SSSR count). The third-order valence-electron chi connectivity index (χ3n) is 3.92. The largest absolute Gasteiger partial charge is 0.480 e. The maximum Gasteiger partial charge on any atom is 0.329 e. The van der Waals surface area contributed by atoms with Gasteiger partial charge in [0.25, 0.3) is 0 Å². The van der Waals surface area contributed by atoms with Crippen LogP contribution in [0.25, 0.3) is 0 Å². The van der Waals surface area contributed by atoms with Crippen molar-refractivity contribution < 1.29 is 19.5 Å². The van der Waals surface area contributed by atoms with Crippen LogP contribution in [-0.2, 0) is 9.59 Å². The maximum atomic E-state index is 12.2. The van der Waals surface area contributed by atoms with Crippen LogP contribution in [0.2, 0.25) is 0 Å². The fraction of sp³-hybridized carbons (Fsp3) is 0.769. The van der Waals surface area contributed by atoms with Gasteiger partial charge in [-0.05, 0) is 19.3 Å². The average Bonchev–Trinajstić information content (AvgIpc) is 2.58. The van der Waals surface area contributed by atoms with Gasteiger partial charge in [0.05, 0.1) is 0 Å². The third-order valence-corrected chi connectivity index (χ3v) is 3.92. The molecule has 7 heteroatoms.